The Balaban J connectivity index is 2.20. The molecule has 0 aliphatic heterocycles. The standard InChI is InChI=1S/C15H24N2O/c1-13(12-16)15(18)17(2)11-7-6-10-14-8-4-3-5-9-14/h3-5,8-9,13H,6-7,10-12,16H2,1-2H3. The summed E-state index contributed by atoms with van der Waals surface area (Å²) in [5.74, 6) is 0.0846. The zero-order valence-corrected chi connectivity index (χ0v) is 11.4. The lowest BCUT2D eigenvalue weighted by molar-refractivity contribution is -0.133. The van der Waals surface area contributed by atoms with E-state index in [1.807, 2.05) is 20.0 Å². The SMILES string of the molecule is CC(CN)C(=O)N(C)CCCCc1ccccc1. The minimum absolute atomic E-state index is 0.0656. The van der Waals surface area contributed by atoms with E-state index in [-0.39, 0.29) is 11.8 Å². The molecule has 0 saturated carbocycles. The highest BCUT2D eigenvalue weighted by Gasteiger charge is 2.14. The van der Waals surface area contributed by atoms with Crippen LogP contribution in [0.1, 0.15) is 25.3 Å². The molecule has 1 aromatic carbocycles. The monoisotopic (exact) mass is 248 g/mol. The van der Waals surface area contributed by atoms with Crippen molar-refractivity contribution in [1.29, 1.82) is 0 Å². The molecule has 1 amide bonds. The van der Waals surface area contributed by atoms with Gasteiger partial charge < -0.3 is 10.6 Å². The molecule has 0 aliphatic carbocycles. The fourth-order valence-electron chi connectivity index (χ4n) is 1.91. The van der Waals surface area contributed by atoms with Crippen LogP contribution in [-0.4, -0.2) is 30.9 Å². The second kappa shape index (κ2) is 7.88. The average Bonchev–Trinajstić information content (AvgIpc) is 2.42. The first-order valence-electron chi connectivity index (χ1n) is 6.64. The highest BCUT2D eigenvalue weighted by molar-refractivity contribution is 5.78. The number of carbonyl (C=O) groups is 1. The number of aryl methyl sites for hydroxylation is 1. The maximum absolute atomic E-state index is 11.8. The van der Waals surface area contributed by atoms with Gasteiger partial charge in [0.2, 0.25) is 5.91 Å². The first-order chi connectivity index (χ1) is 8.65. The van der Waals surface area contributed by atoms with Crippen LogP contribution >= 0.6 is 0 Å². The largest absolute Gasteiger partial charge is 0.345 e. The van der Waals surface area contributed by atoms with Gasteiger partial charge in [0.25, 0.3) is 0 Å². The van der Waals surface area contributed by atoms with Gasteiger partial charge >= 0.3 is 0 Å². The summed E-state index contributed by atoms with van der Waals surface area (Å²) in [6, 6.07) is 10.4. The Bertz CT molecular complexity index is 351. The predicted molar refractivity (Wildman–Crippen MR) is 75.2 cm³/mol. The van der Waals surface area contributed by atoms with E-state index in [4.69, 9.17) is 5.73 Å². The summed E-state index contributed by atoms with van der Waals surface area (Å²) in [5.41, 5.74) is 6.86. The minimum Gasteiger partial charge on any atom is -0.345 e. The molecule has 0 radical (unpaired) electrons. The van der Waals surface area contributed by atoms with Gasteiger partial charge in [0.1, 0.15) is 0 Å². The lowest BCUT2D eigenvalue weighted by atomic mass is 10.1. The molecule has 0 spiro atoms. The summed E-state index contributed by atoms with van der Waals surface area (Å²) in [4.78, 5) is 13.6. The van der Waals surface area contributed by atoms with Crippen molar-refractivity contribution >= 4 is 5.91 Å². The number of nitrogens with two attached hydrogens (primary N) is 1. The fraction of sp³-hybridized carbons (Fsp3) is 0.533. The lowest BCUT2D eigenvalue weighted by Crippen LogP contribution is -2.35. The zero-order chi connectivity index (χ0) is 13.4. The molecule has 3 nitrogen and oxygen atoms in total. The van der Waals surface area contributed by atoms with E-state index in [0.717, 1.165) is 25.8 Å². The van der Waals surface area contributed by atoms with E-state index < -0.39 is 0 Å². The van der Waals surface area contributed by atoms with Crippen LogP contribution in [-0.2, 0) is 11.2 Å². The van der Waals surface area contributed by atoms with Crippen LogP contribution in [0, 0.1) is 5.92 Å². The minimum atomic E-state index is -0.0656. The first kappa shape index (κ1) is 14.7. The van der Waals surface area contributed by atoms with Crippen molar-refractivity contribution < 1.29 is 4.79 Å². The summed E-state index contributed by atoms with van der Waals surface area (Å²) in [5, 5.41) is 0. The molecule has 0 bridgehead atoms. The molecule has 0 fully saturated rings. The molecule has 1 unspecified atom stereocenters. The number of amides is 1. The highest BCUT2D eigenvalue weighted by atomic mass is 16.2. The number of hydrogen-bond acceptors (Lipinski definition) is 2. The van der Waals surface area contributed by atoms with E-state index in [1.165, 1.54) is 5.56 Å². The Morgan fingerprint density at radius 2 is 1.94 bits per heavy atom. The van der Waals surface area contributed by atoms with E-state index in [0.29, 0.717) is 6.54 Å². The third kappa shape index (κ3) is 4.88. The Hall–Kier alpha value is -1.35. The average molecular weight is 248 g/mol. The molecular formula is C15H24N2O. The molecule has 100 valence electrons. The van der Waals surface area contributed by atoms with Gasteiger partial charge in [-0.15, -0.1) is 0 Å². The summed E-state index contributed by atoms with van der Waals surface area (Å²) < 4.78 is 0. The van der Waals surface area contributed by atoms with Crippen molar-refractivity contribution in [3.05, 3.63) is 35.9 Å². The van der Waals surface area contributed by atoms with E-state index in [9.17, 15) is 4.79 Å². The molecule has 3 heteroatoms. The predicted octanol–water partition coefficient (Wildman–Crippen LogP) is 2.06. The molecule has 0 heterocycles. The number of benzene rings is 1. The number of rotatable bonds is 7. The summed E-state index contributed by atoms with van der Waals surface area (Å²) in [6.07, 6.45) is 3.22. The van der Waals surface area contributed by atoms with Crippen molar-refractivity contribution in [3.63, 3.8) is 0 Å². The third-order valence-corrected chi connectivity index (χ3v) is 3.20. The van der Waals surface area contributed by atoms with Crippen LogP contribution in [0.25, 0.3) is 0 Å². The first-order valence-corrected chi connectivity index (χ1v) is 6.64. The molecule has 0 aliphatic rings. The second-order valence-corrected chi connectivity index (χ2v) is 4.84. The highest BCUT2D eigenvalue weighted by Crippen LogP contribution is 2.06. The van der Waals surface area contributed by atoms with Crippen molar-refractivity contribution in [2.75, 3.05) is 20.1 Å². The normalized spacial score (nSPS) is 12.2. The molecule has 0 aromatic heterocycles. The molecule has 18 heavy (non-hydrogen) atoms. The van der Waals surface area contributed by atoms with Gasteiger partial charge in [0.15, 0.2) is 0 Å². The fourth-order valence-corrected chi connectivity index (χ4v) is 1.91. The van der Waals surface area contributed by atoms with Gasteiger partial charge in [-0.25, -0.2) is 0 Å². The molecule has 2 N–H and O–H groups in total. The van der Waals surface area contributed by atoms with E-state index >= 15 is 0 Å². The van der Waals surface area contributed by atoms with Gasteiger partial charge in [-0.2, -0.15) is 0 Å². The molecule has 1 aromatic rings. The summed E-state index contributed by atoms with van der Waals surface area (Å²) >= 11 is 0. The Labute approximate surface area is 110 Å². The third-order valence-electron chi connectivity index (χ3n) is 3.20. The lowest BCUT2D eigenvalue weighted by Gasteiger charge is -2.20. The van der Waals surface area contributed by atoms with Crippen LogP contribution < -0.4 is 5.73 Å². The molecule has 1 rings (SSSR count). The van der Waals surface area contributed by atoms with Crippen molar-refractivity contribution in [2.45, 2.75) is 26.2 Å². The summed E-state index contributed by atoms with van der Waals surface area (Å²) in [7, 11) is 1.86. The molecular weight excluding hydrogens is 224 g/mol. The maximum atomic E-state index is 11.8. The van der Waals surface area contributed by atoms with Crippen LogP contribution in [0.4, 0.5) is 0 Å². The Kier molecular flexibility index (Phi) is 6.44. The quantitative estimate of drug-likeness (QED) is 0.751. The van der Waals surface area contributed by atoms with Gasteiger partial charge in [0.05, 0.1) is 0 Å². The van der Waals surface area contributed by atoms with Crippen LogP contribution in [0.15, 0.2) is 30.3 Å². The maximum Gasteiger partial charge on any atom is 0.226 e. The number of unbranched alkanes of at least 4 members (excludes halogenated alkanes) is 1. The molecule has 0 saturated heterocycles. The topological polar surface area (TPSA) is 46.3 Å². The van der Waals surface area contributed by atoms with Crippen molar-refractivity contribution in [3.8, 4) is 0 Å². The second-order valence-electron chi connectivity index (χ2n) is 4.84. The van der Waals surface area contributed by atoms with E-state index in [1.54, 1.807) is 4.90 Å². The molecule has 1 atom stereocenters. The summed E-state index contributed by atoms with van der Waals surface area (Å²) in [6.45, 7) is 3.12. The van der Waals surface area contributed by atoms with Crippen LogP contribution in [0.2, 0.25) is 0 Å². The van der Waals surface area contributed by atoms with Gasteiger partial charge in [-0.05, 0) is 24.8 Å². The zero-order valence-electron chi connectivity index (χ0n) is 11.4. The van der Waals surface area contributed by atoms with Crippen molar-refractivity contribution in [1.82, 2.24) is 4.90 Å². The number of nitrogens with zero attached hydrogens (tertiary/aromatic N) is 1. The van der Waals surface area contributed by atoms with Crippen LogP contribution in [0.5, 0.6) is 0 Å². The van der Waals surface area contributed by atoms with E-state index in [2.05, 4.69) is 24.3 Å². The van der Waals surface area contributed by atoms with Gasteiger partial charge in [-0.1, -0.05) is 37.3 Å². The van der Waals surface area contributed by atoms with Gasteiger partial charge in [-0.3, -0.25) is 4.79 Å². The van der Waals surface area contributed by atoms with Crippen LogP contribution in [0.3, 0.4) is 0 Å². The Morgan fingerprint density at radius 3 is 2.56 bits per heavy atom. The van der Waals surface area contributed by atoms with Gasteiger partial charge in [0, 0.05) is 26.1 Å². The Morgan fingerprint density at radius 1 is 1.28 bits per heavy atom. The number of hydrogen-bond donors (Lipinski definition) is 1. The smallest absolute Gasteiger partial charge is 0.226 e. The van der Waals surface area contributed by atoms with Crippen molar-refractivity contribution in [2.24, 2.45) is 11.7 Å². The number of carbonyl (C=O) groups excluding carboxylic acids is 1.